The molecular weight excluding hydrogens is 383 g/mol. The maximum absolute atomic E-state index is 14.2. The van der Waals surface area contributed by atoms with E-state index in [1.807, 2.05) is 0 Å². The monoisotopic (exact) mass is 408 g/mol. The number of rotatable bonds is 6. The lowest BCUT2D eigenvalue weighted by Crippen LogP contribution is -2.57. The minimum atomic E-state index is -0.522. The number of amides is 2. The van der Waals surface area contributed by atoms with Gasteiger partial charge in [-0.2, -0.15) is 0 Å². The van der Waals surface area contributed by atoms with Crippen LogP contribution in [0.1, 0.15) is 51.0 Å². The van der Waals surface area contributed by atoms with E-state index in [1.54, 1.807) is 11.0 Å². The number of nitrogens with one attached hydrogen (secondary N) is 1. The van der Waals surface area contributed by atoms with Gasteiger partial charge in [-0.3, -0.25) is 9.59 Å². The van der Waals surface area contributed by atoms with Crippen molar-refractivity contribution in [3.63, 3.8) is 0 Å². The largest absolute Gasteiger partial charge is 0.482 e. The quantitative estimate of drug-likeness (QED) is 0.573. The van der Waals surface area contributed by atoms with Gasteiger partial charge in [0.05, 0.1) is 11.1 Å². The Morgan fingerprint density at radius 1 is 1.39 bits per heavy atom. The van der Waals surface area contributed by atoms with Gasteiger partial charge in [-0.1, -0.05) is 37.4 Å². The van der Waals surface area contributed by atoms with E-state index >= 15 is 0 Å². The van der Waals surface area contributed by atoms with Gasteiger partial charge in [0, 0.05) is 12.1 Å². The molecule has 1 aromatic rings. The summed E-state index contributed by atoms with van der Waals surface area (Å²) >= 11 is 6.10. The zero-order valence-corrected chi connectivity index (χ0v) is 16.8. The predicted molar refractivity (Wildman–Crippen MR) is 106 cm³/mol. The summed E-state index contributed by atoms with van der Waals surface area (Å²) in [6.07, 6.45) is 6.63. The highest BCUT2D eigenvalue weighted by Crippen LogP contribution is 2.34. The Morgan fingerprint density at radius 3 is 2.93 bits per heavy atom. The Kier molecular flexibility index (Phi) is 6.94. The minimum Gasteiger partial charge on any atom is -0.482 e. The lowest BCUT2D eigenvalue weighted by Gasteiger charge is -2.44. The fraction of sp³-hybridized carbons (Fsp3) is 0.524. The molecule has 152 valence electrons. The van der Waals surface area contributed by atoms with Crippen LogP contribution in [0.25, 0.3) is 6.08 Å². The second-order valence-electron chi connectivity index (χ2n) is 7.29. The molecule has 1 aliphatic heterocycles. The van der Waals surface area contributed by atoms with Crippen LogP contribution in [0.4, 0.5) is 4.39 Å². The summed E-state index contributed by atoms with van der Waals surface area (Å²) in [6, 6.07) is 4.22. The highest BCUT2D eigenvalue weighted by Gasteiger charge is 2.42. The van der Waals surface area contributed by atoms with Crippen LogP contribution in [0, 0.1) is 5.82 Å². The van der Waals surface area contributed by atoms with E-state index in [0.29, 0.717) is 6.54 Å². The van der Waals surface area contributed by atoms with Gasteiger partial charge in [0.25, 0.3) is 5.91 Å². The lowest BCUT2D eigenvalue weighted by atomic mass is 9.89. The molecule has 1 saturated heterocycles. The normalized spacial score (nSPS) is 23.3. The topological polar surface area (TPSA) is 58.6 Å². The Hall–Kier alpha value is -2.08. The van der Waals surface area contributed by atoms with Gasteiger partial charge >= 0.3 is 0 Å². The maximum atomic E-state index is 14.2. The Bertz CT molecular complexity index is 748. The molecule has 1 N–H and O–H groups in total. The fourth-order valence-corrected chi connectivity index (χ4v) is 3.97. The van der Waals surface area contributed by atoms with Gasteiger partial charge in [0.2, 0.25) is 5.91 Å². The number of hydrogen-bond donors (Lipinski definition) is 1. The second kappa shape index (κ2) is 9.41. The third kappa shape index (κ3) is 4.66. The molecule has 0 radical (unpaired) electrons. The van der Waals surface area contributed by atoms with Crippen LogP contribution in [-0.4, -0.2) is 41.9 Å². The van der Waals surface area contributed by atoms with E-state index in [4.69, 9.17) is 16.3 Å². The first-order chi connectivity index (χ1) is 13.5. The van der Waals surface area contributed by atoms with Crippen LogP contribution >= 0.6 is 11.6 Å². The van der Waals surface area contributed by atoms with E-state index in [1.165, 1.54) is 18.2 Å². The number of carbonyl (C=O) groups excluding carboxylic acids is 2. The number of halogens is 2. The molecular formula is C21H26ClFN2O3. The molecule has 1 heterocycles. The molecule has 1 aromatic carbocycles. The molecule has 3 rings (SSSR count). The number of unbranched alkanes of at least 4 members (excludes halogenated alkanes) is 1. The van der Waals surface area contributed by atoms with Crippen molar-refractivity contribution in [1.82, 2.24) is 10.2 Å². The third-order valence-electron chi connectivity index (χ3n) is 5.26. The summed E-state index contributed by atoms with van der Waals surface area (Å²) < 4.78 is 20.1. The molecule has 1 saturated carbocycles. The van der Waals surface area contributed by atoms with E-state index in [0.717, 1.165) is 38.5 Å². The highest BCUT2D eigenvalue weighted by atomic mass is 35.5. The summed E-state index contributed by atoms with van der Waals surface area (Å²) in [4.78, 5) is 27.0. The molecule has 2 fully saturated rings. The smallest absolute Gasteiger partial charge is 0.289 e. The molecule has 2 aliphatic rings. The standard InChI is InChI=1S/C21H26ClFN2O3/c1-2-3-11-24-20(26)13-25-17-9-4-5-10-18(17)28-19(21(25)27)12-14-15(22)7-6-8-16(14)23/h6-8,12,17-18H,2-5,9-11,13H2,1H3,(H,24,26)/b19-12-. The molecule has 5 nitrogen and oxygen atoms in total. The van der Waals surface area contributed by atoms with Gasteiger partial charge in [0.15, 0.2) is 5.76 Å². The summed E-state index contributed by atoms with van der Waals surface area (Å²) in [5.41, 5.74) is 0.120. The summed E-state index contributed by atoms with van der Waals surface area (Å²) in [5, 5.41) is 3.06. The van der Waals surface area contributed by atoms with Gasteiger partial charge in [-0.05, 0) is 43.9 Å². The molecule has 0 bridgehead atoms. The molecule has 2 atom stereocenters. The van der Waals surface area contributed by atoms with Crippen LogP contribution in [0.15, 0.2) is 24.0 Å². The van der Waals surface area contributed by atoms with E-state index in [2.05, 4.69) is 12.2 Å². The molecule has 1 aliphatic carbocycles. The number of hydrogen-bond acceptors (Lipinski definition) is 3. The number of ether oxygens (including phenoxy) is 1. The second-order valence-corrected chi connectivity index (χ2v) is 7.70. The number of morpholine rings is 1. The van der Waals surface area contributed by atoms with Crippen molar-refractivity contribution in [3.05, 3.63) is 40.4 Å². The van der Waals surface area contributed by atoms with Crippen molar-refractivity contribution >= 4 is 29.5 Å². The predicted octanol–water partition coefficient (Wildman–Crippen LogP) is 3.91. The Balaban J connectivity index is 1.84. The minimum absolute atomic E-state index is 0.0184. The van der Waals surface area contributed by atoms with Crippen LogP contribution in [0.5, 0.6) is 0 Å². The van der Waals surface area contributed by atoms with Crippen molar-refractivity contribution in [2.75, 3.05) is 13.1 Å². The van der Waals surface area contributed by atoms with Crippen LogP contribution in [0.3, 0.4) is 0 Å². The first-order valence-electron chi connectivity index (χ1n) is 9.91. The summed E-state index contributed by atoms with van der Waals surface area (Å²) in [7, 11) is 0. The van der Waals surface area contributed by atoms with Gasteiger partial charge in [-0.25, -0.2) is 4.39 Å². The van der Waals surface area contributed by atoms with E-state index in [-0.39, 0.29) is 40.9 Å². The molecule has 2 unspecified atom stereocenters. The first kappa shape index (κ1) is 20.6. The van der Waals surface area contributed by atoms with Crippen molar-refractivity contribution in [2.45, 2.75) is 57.6 Å². The zero-order chi connectivity index (χ0) is 20.1. The SMILES string of the molecule is CCCCNC(=O)CN1C(=O)/C(=C/c2c(F)cccc2Cl)OC2CCCCC21. The van der Waals surface area contributed by atoms with Gasteiger partial charge in [-0.15, -0.1) is 0 Å². The molecule has 0 aromatic heterocycles. The van der Waals surface area contributed by atoms with Gasteiger partial charge < -0.3 is 15.0 Å². The highest BCUT2D eigenvalue weighted by molar-refractivity contribution is 6.32. The molecule has 28 heavy (non-hydrogen) atoms. The third-order valence-corrected chi connectivity index (χ3v) is 5.59. The molecule has 0 spiro atoms. The summed E-state index contributed by atoms with van der Waals surface area (Å²) in [5.74, 6) is -1.06. The fourth-order valence-electron chi connectivity index (χ4n) is 3.76. The Labute approximate surface area is 169 Å². The van der Waals surface area contributed by atoms with Crippen LogP contribution < -0.4 is 5.32 Å². The van der Waals surface area contributed by atoms with E-state index < -0.39 is 11.7 Å². The van der Waals surface area contributed by atoms with E-state index in [9.17, 15) is 14.0 Å². The maximum Gasteiger partial charge on any atom is 0.289 e. The van der Waals surface area contributed by atoms with Crippen molar-refractivity contribution in [1.29, 1.82) is 0 Å². The average Bonchev–Trinajstić information content (AvgIpc) is 2.68. The Morgan fingerprint density at radius 2 is 2.18 bits per heavy atom. The molecule has 2 amide bonds. The van der Waals surface area contributed by atoms with Crippen molar-refractivity contribution in [2.24, 2.45) is 0 Å². The summed E-state index contributed by atoms with van der Waals surface area (Å²) in [6.45, 7) is 2.63. The van der Waals surface area contributed by atoms with Crippen molar-refractivity contribution in [3.8, 4) is 0 Å². The number of fused-ring (bicyclic) bond motifs is 1. The number of benzene rings is 1. The lowest BCUT2D eigenvalue weighted by molar-refractivity contribution is -0.151. The number of carbonyl (C=O) groups is 2. The van der Waals surface area contributed by atoms with Gasteiger partial charge in [0.1, 0.15) is 18.5 Å². The number of nitrogens with zero attached hydrogens (tertiary/aromatic N) is 1. The first-order valence-corrected chi connectivity index (χ1v) is 10.3. The average molecular weight is 409 g/mol. The zero-order valence-electron chi connectivity index (χ0n) is 16.0. The van der Waals surface area contributed by atoms with Crippen LogP contribution in [-0.2, 0) is 14.3 Å². The molecule has 7 heteroatoms. The van der Waals surface area contributed by atoms with Crippen molar-refractivity contribution < 1.29 is 18.7 Å². The van der Waals surface area contributed by atoms with Crippen LogP contribution in [0.2, 0.25) is 5.02 Å².